The predicted octanol–water partition coefficient (Wildman–Crippen LogP) is 1.13. The van der Waals surface area contributed by atoms with Crippen LogP contribution in [0.1, 0.15) is 18.0 Å². The van der Waals surface area contributed by atoms with E-state index in [2.05, 4.69) is 27.7 Å². The first-order valence-electron chi connectivity index (χ1n) is 6.74. The molecular weight excluding hydrogens is 242 g/mol. The fourth-order valence-corrected chi connectivity index (χ4v) is 2.74. The number of fused-ring (bicyclic) bond motifs is 1. The van der Waals surface area contributed by atoms with Gasteiger partial charge in [-0.15, -0.1) is 0 Å². The SMILES string of the molecule is CNC1C(=O)Nc2cc(N3CCCOCC3)ccc21. The Bertz CT molecular complexity index is 482. The van der Waals surface area contributed by atoms with Gasteiger partial charge in [-0.1, -0.05) is 6.07 Å². The summed E-state index contributed by atoms with van der Waals surface area (Å²) in [5.74, 6) is 0.0221. The number of nitrogens with one attached hydrogen (secondary N) is 2. The molecule has 1 aromatic rings. The maximum absolute atomic E-state index is 11.8. The first-order valence-corrected chi connectivity index (χ1v) is 6.74. The molecule has 0 aliphatic carbocycles. The molecule has 0 aromatic heterocycles. The third-order valence-corrected chi connectivity index (χ3v) is 3.74. The lowest BCUT2D eigenvalue weighted by molar-refractivity contribution is -0.117. The number of hydrogen-bond acceptors (Lipinski definition) is 4. The van der Waals surface area contributed by atoms with Gasteiger partial charge in [0.1, 0.15) is 6.04 Å². The molecule has 1 saturated heterocycles. The lowest BCUT2D eigenvalue weighted by atomic mass is 10.1. The summed E-state index contributed by atoms with van der Waals surface area (Å²) in [5.41, 5.74) is 3.11. The van der Waals surface area contributed by atoms with Crippen LogP contribution in [-0.2, 0) is 9.53 Å². The molecular formula is C14H19N3O2. The first kappa shape index (κ1) is 12.4. The Morgan fingerprint density at radius 3 is 3.11 bits per heavy atom. The van der Waals surface area contributed by atoms with Gasteiger partial charge in [0.25, 0.3) is 0 Å². The molecule has 0 bridgehead atoms. The minimum absolute atomic E-state index is 0.0221. The van der Waals surface area contributed by atoms with Crippen molar-refractivity contribution in [3.8, 4) is 0 Å². The molecule has 0 saturated carbocycles. The van der Waals surface area contributed by atoms with E-state index in [-0.39, 0.29) is 11.9 Å². The van der Waals surface area contributed by atoms with Gasteiger partial charge in [0, 0.05) is 36.6 Å². The van der Waals surface area contributed by atoms with Crippen LogP contribution in [0, 0.1) is 0 Å². The van der Waals surface area contributed by atoms with Crippen molar-refractivity contribution in [1.29, 1.82) is 0 Å². The summed E-state index contributed by atoms with van der Waals surface area (Å²) >= 11 is 0. The second-order valence-corrected chi connectivity index (χ2v) is 4.94. The number of rotatable bonds is 2. The van der Waals surface area contributed by atoms with Gasteiger partial charge in [-0.05, 0) is 25.6 Å². The molecule has 1 amide bonds. The zero-order valence-corrected chi connectivity index (χ0v) is 11.1. The lowest BCUT2D eigenvalue weighted by Gasteiger charge is -2.22. The summed E-state index contributed by atoms with van der Waals surface area (Å²) in [6, 6.07) is 5.97. The average Bonchev–Trinajstić information content (AvgIpc) is 2.60. The zero-order valence-electron chi connectivity index (χ0n) is 11.1. The van der Waals surface area contributed by atoms with Crippen molar-refractivity contribution in [2.45, 2.75) is 12.5 Å². The molecule has 2 aliphatic rings. The lowest BCUT2D eigenvalue weighted by Crippen LogP contribution is -2.25. The van der Waals surface area contributed by atoms with Crippen molar-refractivity contribution in [1.82, 2.24) is 5.32 Å². The molecule has 1 atom stereocenters. The van der Waals surface area contributed by atoms with Gasteiger partial charge in [0.05, 0.1) is 6.61 Å². The number of benzene rings is 1. The smallest absolute Gasteiger partial charge is 0.246 e. The van der Waals surface area contributed by atoms with E-state index in [1.807, 2.05) is 6.07 Å². The van der Waals surface area contributed by atoms with Crippen LogP contribution in [0.4, 0.5) is 11.4 Å². The minimum atomic E-state index is -0.225. The van der Waals surface area contributed by atoms with Crippen LogP contribution in [0.5, 0.6) is 0 Å². The number of carbonyl (C=O) groups excluding carboxylic acids is 1. The van der Waals surface area contributed by atoms with E-state index < -0.39 is 0 Å². The molecule has 1 aromatic carbocycles. The molecule has 5 nitrogen and oxygen atoms in total. The number of carbonyl (C=O) groups is 1. The standard InChI is InChI=1S/C14H19N3O2/c1-15-13-11-4-3-10(9-12(11)16-14(13)18)17-5-2-7-19-8-6-17/h3-4,9,13,15H,2,5-8H2,1H3,(H,16,18). The van der Waals surface area contributed by atoms with Crippen LogP contribution in [-0.4, -0.2) is 39.3 Å². The molecule has 102 valence electrons. The van der Waals surface area contributed by atoms with E-state index in [1.54, 1.807) is 7.05 Å². The van der Waals surface area contributed by atoms with E-state index in [9.17, 15) is 4.79 Å². The van der Waals surface area contributed by atoms with Gasteiger partial charge in [-0.2, -0.15) is 0 Å². The molecule has 3 rings (SSSR count). The molecule has 19 heavy (non-hydrogen) atoms. The van der Waals surface area contributed by atoms with Crippen molar-refractivity contribution in [3.05, 3.63) is 23.8 Å². The van der Waals surface area contributed by atoms with E-state index >= 15 is 0 Å². The monoisotopic (exact) mass is 261 g/mol. The van der Waals surface area contributed by atoms with Crippen molar-refractivity contribution in [2.24, 2.45) is 0 Å². The van der Waals surface area contributed by atoms with Gasteiger partial charge in [0.2, 0.25) is 5.91 Å². The zero-order chi connectivity index (χ0) is 13.2. The summed E-state index contributed by atoms with van der Waals surface area (Å²) in [4.78, 5) is 14.1. The quantitative estimate of drug-likeness (QED) is 0.838. The third-order valence-electron chi connectivity index (χ3n) is 3.74. The highest BCUT2D eigenvalue weighted by atomic mass is 16.5. The van der Waals surface area contributed by atoms with Gasteiger partial charge in [-0.25, -0.2) is 0 Å². The van der Waals surface area contributed by atoms with Crippen LogP contribution >= 0.6 is 0 Å². The van der Waals surface area contributed by atoms with E-state index in [1.165, 1.54) is 0 Å². The predicted molar refractivity (Wildman–Crippen MR) is 74.5 cm³/mol. The minimum Gasteiger partial charge on any atom is -0.380 e. The second kappa shape index (κ2) is 5.19. The summed E-state index contributed by atoms with van der Waals surface area (Å²) in [6.07, 6.45) is 1.04. The molecule has 0 spiro atoms. The Labute approximate surface area is 112 Å². The number of amides is 1. The van der Waals surface area contributed by atoms with Crippen LogP contribution in [0.2, 0.25) is 0 Å². The molecule has 1 fully saturated rings. The highest BCUT2D eigenvalue weighted by Crippen LogP contribution is 2.34. The largest absolute Gasteiger partial charge is 0.380 e. The molecule has 2 aliphatic heterocycles. The number of anilines is 2. The van der Waals surface area contributed by atoms with E-state index in [0.717, 1.165) is 49.7 Å². The Balaban J connectivity index is 1.86. The molecule has 1 unspecified atom stereocenters. The molecule has 0 radical (unpaired) electrons. The number of nitrogens with zero attached hydrogens (tertiary/aromatic N) is 1. The fourth-order valence-electron chi connectivity index (χ4n) is 2.74. The average molecular weight is 261 g/mol. The van der Waals surface area contributed by atoms with E-state index in [0.29, 0.717) is 0 Å². The summed E-state index contributed by atoms with van der Waals surface area (Å²) in [5, 5.41) is 5.97. The highest BCUT2D eigenvalue weighted by Gasteiger charge is 2.29. The highest BCUT2D eigenvalue weighted by molar-refractivity contribution is 6.03. The second-order valence-electron chi connectivity index (χ2n) is 4.94. The van der Waals surface area contributed by atoms with Crippen LogP contribution in [0.25, 0.3) is 0 Å². The Kier molecular flexibility index (Phi) is 3.40. The van der Waals surface area contributed by atoms with Crippen molar-refractivity contribution in [2.75, 3.05) is 43.6 Å². The number of hydrogen-bond donors (Lipinski definition) is 2. The van der Waals surface area contributed by atoms with Crippen molar-refractivity contribution < 1.29 is 9.53 Å². The summed E-state index contributed by atoms with van der Waals surface area (Å²) in [7, 11) is 1.80. The molecule has 2 heterocycles. The Hall–Kier alpha value is -1.59. The normalized spacial score (nSPS) is 22.9. The van der Waals surface area contributed by atoms with Crippen LogP contribution < -0.4 is 15.5 Å². The maximum atomic E-state index is 11.8. The summed E-state index contributed by atoms with van der Waals surface area (Å²) < 4.78 is 5.47. The van der Waals surface area contributed by atoms with Gasteiger partial charge in [0.15, 0.2) is 0 Å². The Morgan fingerprint density at radius 1 is 1.37 bits per heavy atom. The number of ether oxygens (including phenoxy) is 1. The van der Waals surface area contributed by atoms with Gasteiger partial charge in [-0.3, -0.25) is 4.79 Å². The molecule has 2 N–H and O–H groups in total. The van der Waals surface area contributed by atoms with Gasteiger partial charge < -0.3 is 20.3 Å². The maximum Gasteiger partial charge on any atom is 0.246 e. The Morgan fingerprint density at radius 2 is 2.26 bits per heavy atom. The summed E-state index contributed by atoms with van der Waals surface area (Å²) in [6.45, 7) is 3.51. The van der Waals surface area contributed by atoms with E-state index in [4.69, 9.17) is 4.74 Å². The van der Waals surface area contributed by atoms with Gasteiger partial charge >= 0.3 is 0 Å². The van der Waals surface area contributed by atoms with Crippen LogP contribution in [0.15, 0.2) is 18.2 Å². The third kappa shape index (κ3) is 2.31. The number of likely N-dealkylation sites (N-methyl/N-ethyl adjacent to an activating group) is 1. The first-order chi connectivity index (χ1) is 9.29. The van der Waals surface area contributed by atoms with Crippen molar-refractivity contribution in [3.63, 3.8) is 0 Å². The van der Waals surface area contributed by atoms with Crippen LogP contribution in [0.3, 0.4) is 0 Å². The van der Waals surface area contributed by atoms with Crippen molar-refractivity contribution >= 4 is 17.3 Å². The molecule has 5 heteroatoms. The topological polar surface area (TPSA) is 53.6 Å². The fraction of sp³-hybridized carbons (Fsp3) is 0.500.